The monoisotopic (exact) mass is 425 g/mol. The normalized spacial score (nSPS) is 18.9. The van der Waals surface area contributed by atoms with Gasteiger partial charge in [0, 0.05) is 14.2 Å². The third-order valence-corrected chi connectivity index (χ3v) is 5.12. The summed E-state index contributed by atoms with van der Waals surface area (Å²) in [5.74, 6) is 0.513. The summed E-state index contributed by atoms with van der Waals surface area (Å²) in [6.07, 6.45) is -0.835. The number of amides is 1. The predicted molar refractivity (Wildman–Crippen MR) is 114 cm³/mol. The minimum atomic E-state index is -0.644. The third-order valence-electron chi connectivity index (χ3n) is 5.12. The van der Waals surface area contributed by atoms with Crippen LogP contribution in [0.4, 0.5) is 4.79 Å². The summed E-state index contributed by atoms with van der Waals surface area (Å²) in [4.78, 5) is 11.9. The zero-order chi connectivity index (χ0) is 22.9. The number of carbonyl (C=O) groups is 1. The van der Waals surface area contributed by atoms with Crippen LogP contribution in [0.25, 0.3) is 0 Å². The summed E-state index contributed by atoms with van der Waals surface area (Å²) in [6, 6.07) is 0. The van der Waals surface area contributed by atoms with E-state index in [1.54, 1.807) is 18.8 Å². The van der Waals surface area contributed by atoms with Crippen molar-refractivity contribution in [2.24, 2.45) is 7.05 Å². The number of aryl methyl sites for hydroxylation is 1. The number of nitrogens with zero attached hydrogens (tertiary/aromatic N) is 2. The first-order valence-electron chi connectivity index (χ1n) is 10.2. The molecule has 1 N–H and O–H groups in total. The Morgan fingerprint density at radius 3 is 2.30 bits per heavy atom. The van der Waals surface area contributed by atoms with Crippen LogP contribution in [-0.2, 0) is 32.4 Å². The number of ether oxygens (including phenoxy) is 3. The molecule has 0 unspecified atom stereocenters. The van der Waals surface area contributed by atoms with E-state index in [2.05, 4.69) is 10.4 Å². The van der Waals surface area contributed by atoms with Gasteiger partial charge in [-0.1, -0.05) is 0 Å². The summed E-state index contributed by atoms with van der Waals surface area (Å²) in [5.41, 5.74) is -0.185. The fourth-order valence-corrected chi connectivity index (χ4v) is 2.93. The maximum absolute atomic E-state index is 11.9. The molecule has 0 bridgehead atoms. The lowest BCUT2D eigenvalue weighted by molar-refractivity contribution is 0.00578. The molecule has 0 saturated carbocycles. The van der Waals surface area contributed by atoms with Gasteiger partial charge in [0.25, 0.3) is 0 Å². The van der Waals surface area contributed by atoms with Crippen molar-refractivity contribution in [3.63, 3.8) is 0 Å². The lowest BCUT2D eigenvalue weighted by atomic mass is 9.78. The number of rotatable bonds is 7. The SMILES string of the molecule is COCc1nn(C)c(O[C@@H](C)CNC(=O)OC(C)(C)C)c1B1OC(C)(C)C(C)(C)O1. The van der Waals surface area contributed by atoms with Gasteiger partial charge in [0.15, 0.2) is 0 Å². The molecule has 1 amide bonds. The highest BCUT2D eigenvalue weighted by atomic mass is 16.7. The molecule has 10 heteroatoms. The first-order chi connectivity index (χ1) is 13.7. The molecule has 0 aromatic carbocycles. The molecule has 1 aliphatic heterocycles. The Morgan fingerprint density at radius 2 is 1.80 bits per heavy atom. The van der Waals surface area contributed by atoms with Crippen LogP contribution < -0.4 is 15.5 Å². The number of hydrogen-bond donors (Lipinski definition) is 1. The quantitative estimate of drug-likeness (QED) is 0.670. The van der Waals surface area contributed by atoms with Gasteiger partial charge in [-0.15, -0.1) is 0 Å². The predicted octanol–water partition coefficient (Wildman–Crippen LogP) is 2.16. The number of alkyl carbamates (subject to hydrolysis) is 1. The number of aromatic nitrogens is 2. The van der Waals surface area contributed by atoms with Gasteiger partial charge in [0.1, 0.15) is 11.7 Å². The fourth-order valence-electron chi connectivity index (χ4n) is 2.93. The minimum absolute atomic E-state index is 0.266. The fraction of sp³-hybridized carbons (Fsp3) is 0.800. The van der Waals surface area contributed by atoms with Crippen LogP contribution in [0.15, 0.2) is 0 Å². The molecular weight excluding hydrogens is 389 g/mol. The average molecular weight is 425 g/mol. The maximum Gasteiger partial charge on any atom is 0.502 e. The highest BCUT2D eigenvalue weighted by Crippen LogP contribution is 2.37. The Hall–Kier alpha value is -1.78. The summed E-state index contributed by atoms with van der Waals surface area (Å²) in [5, 5.41) is 7.25. The molecule has 0 spiro atoms. The lowest BCUT2D eigenvalue weighted by Gasteiger charge is -2.32. The summed E-state index contributed by atoms with van der Waals surface area (Å²) < 4.78 is 30.8. The smallest absolute Gasteiger partial charge is 0.473 e. The molecule has 1 fully saturated rings. The standard InChI is InChI=1S/C20H36BN3O6/c1-13(11-22-17(25)28-18(2,3)4)27-16-15(14(12-26-10)23-24(16)9)21-29-19(5,6)20(7,8)30-21/h13H,11-12H2,1-10H3,(H,22,25)/t13-/m0/s1. The first kappa shape index (κ1) is 24.5. The van der Waals surface area contributed by atoms with Crippen LogP contribution in [0, 0.1) is 0 Å². The third kappa shape index (κ3) is 5.68. The average Bonchev–Trinajstić information content (AvgIpc) is 2.97. The van der Waals surface area contributed by atoms with Crippen molar-refractivity contribution >= 4 is 18.7 Å². The van der Waals surface area contributed by atoms with Gasteiger partial charge in [-0.05, 0) is 55.4 Å². The van der Waals surface area contributed by atoms with Crippen molar-refractivity contribution in [2.75, 3.05) is 13.7 Å². The molecule has 1 saturated heterocycles. The lowest BCUT2D eigenvalue weighted by Crippen LogP contribution is -2.41. The number of carbonyl (C=O) groups excluding carboxylic acids is 1. The van der Waals surface area contributed by atoms with Gasteiger partial charge in [-0.2, -0.15) is 5.10 Å². The summed E-state index contributed by atoms with van der Waals surface area (Å²) in [7, 11) is 2.75. The van der Waals surface area contributed by atoms with E-state index in [4.69, 9.17) is 23.5 Å². The molecular formula is C20H36BN3O6. The van der Waals surface area contributed by atoms with Gasteiger partial charge >= 0.3 is 13.2 Å². The van der Waals surface area contributed by atoms with Crippen molar-refractivity contribution in [1.82, 2.24) is 15.1 Å². The molecule has 0 radical (unpaired) electrons. The van der Waals surface area contributed by atoms with E-state index in [9.17, 15) is 4.79 Å². The molecule has 2 rings (SSSR count). The van der Waals surface area contributed by atoms with Crippen molar-refractivity contribution in [1.29, 1.82) is 0 Å². The molecule has 0 aliphatic carbocycles. The van der Waals surface area contributed by atoms with E-state index in [0.29, 0.717) is 23.6 Å². The largest absolute Gasteiger partial charge is 0.502 e. The van der Waals surface area contributed by atoms with Crippen molar-refractivity contribution in [3.05, 3.63) is 5.69 Å². The first-order valence-corrected chi connectivity index (χ1v) is 10.2. The zero-order valence-corrected chi connectivity index (χ0v) is 19.9. The molecule has 9 nitrogen and oxygen atoms in total. The van der Waals surface area contributed by atoms with Crippen molar-refractivity contribution in [3.8, 4) is 5.88 Å². The van der Waals surface area contributed by atoms with Crippen molar-refractivity contribution in [2.45, 2.75) is 84.9 Å². The molecule has 1 aliphatic rings. The minimum Gasteiger partial charge on any atom is -0.473 e. The molecule has 1 aromatic heterocycles. The molecule has 170 valence electrons. The Labute approximate surface area is 179 Å². The summed E-state index contributed by atoms with van der Waals surface area (Å²) in [6.45, 7) is 15.8. The zero-order valence-electron chi connectivity index (χ0n) is 19.9. The molecule has 1 aromatic rings. The number of methoxy groups -OCH3 is 1. The van der Waals surface area contributed by atoms with Crippen LogP contribution in [0.3, 0.4) is 0 Å². The molecule has 2 heterocycles. The van der Waals surface area contributed by atoms with E-state index in [1.165, 1.54) is 0 Å². The van der Waals surface area contributed by atoms with Gasteiger partial charge in [-0.3, -0.25) is 0 Å². The van der Waals surface area contributed by atoms with Crippen LogP contribution in [-0.4, -0.2) is 59.6 Å². The van der Waals surface area contributed by atoms with E-state index >= 15 is 0 Å². The molecule has 30 heavy (non-hydrogen) atoms. The highest BCUT2D eigenvalue weighted by Gasteiger charge is 2.54. The van der Waals surface area contributed by atoms with E-state index in [0.717, 1.165) is 0 Å². The van der Waals surface area contributed by atoms with Gasteiger partial charge in [0.05, 0.1) is 35.5 Å². The highest BCUT2D eigenvalue weighted by molar-refractivity contribution is 6.63. The van der Waals surface area contributed by atoms with Gasteiger partial charge in [-0.25, -0.2) is 9.48 Å². The van der Waals surface area contributed by atoms with Gasteiger partial charge < -0.3 is 28.8 Å². The van der Waals surface area contributed by atoms with Crippen LogP contribution in [0.2, 0.25) is 0 Å². The van der Waals surface area contributed by atoms with E-state index in [-0.39, 0.29) is 12.6 Å². The van der Waals surface area contributed by atoms with E-state index < -0.39 is 30.0 Å². The Kier molecular flexibility index (Phi) is 7.15. The van der Waals surface area contributed by atoms with Gasteiger partial charge in [0.2, 0.25) is 5.88 Å². The van der Waals surface area contributed by atoms with Crippen LogP contribution in [0.5, 0.6) is 5.88 Å². The summed E-state index contributed by atoms with van der Waals surface area (Å²) >= 11 is 0. The topological polar surface area (TPSA) is 93.1 Å². The second kappa shape index (κ2) is 8.76. The second-order valence-electron chi connectivity index (χ2n) is 9.62. The maximum atomic E-state index is 11.9. The number of hydrogen-bond acceptors (Lipinski definition) is 7. The van der Waals surface area contributed by atoms with Crippen molar-refractivity contribution < 1.29 is 28.3 Å². The van der Waals surface area contributed by atoms with E-state index in [1.807, 2.05) is 55.4 Å². The van der Waals surface area contributed by atoms with Crippen LogP contribution >= 0.6 is 0 Å². The number of nitrogens with one attached hydrogen (secondary N) is 1. The van der Waals surface area contributed by atoms with Crippen LogP contribution in [0.1, 0.15) is 61.1 Å². The Balaban J connectivity index is 2.19. The Bertz CT molecular complexity index is 740. The Morgan fingerprint density at radius 1 is 1.23 bits per heavy atom. The second-order valence-corrected chi connectivity index (χ2v) is 9.62. The molecule has 1 atom stereocenters.